The molecule has 1 aliphatic rings. The van der Waals surface area contributed by atoms with E-state index in [0.717, 1.165) is 18.7 Å². The molecule has 0 spiro atoms. The summed E-state index contributed by atoms with van der Waals surface area (Å²) in [4.78, 5) is 10.2. The largest absolute Gasteiger partial charge is 0.393 e. The van der Waals surface area contributed by atoms with E-state index < -0.39 is 12.1 Å². The summed E-state index contributed by atoms with van der Waals surface area (Å²) in [5.41, 5.74) is 0.759. The van der Waals surface area contributed by atoms with Crippen molar-refractivity contribution >= 4 is 5.82 Å². The van der Waals surface area contributed by atoms with Crippen LogP contribution in [-0.2, 0) is 6.54 Å². The molecule has 1 aromatic heterocycles. The van der Waals surface area contributed by atoms with Crippen molar-refractivity contribution in [3.05, 3.63) is 18.1 Å². The molecule has 1 N–H and O–H groups in total. The van der Waals surface area contributed by atoms with E-state index in [1.54, 1.807) is 17.3 Å². The van der Waals surface area contributed by atoms with Crippen LogP contribution in [0.25, 0.3) is 0 Å². The number of rotatable bonds is 5. The van der Waals surface area contributed by atoms with Crippen LogP contribution < -0.4 is 10.2 Å². The highest BCUT2D eigenvalue weighted by Gasteiger charge is 2.42. The number of anilines is 1. The summed E-state index contributed by atoms with van der Waals surface area (Å²) < 4.78 is 38.5. The third-order valence-corrected chi connectivity index (χ3v) is 3.61. The molecule has 2 rings (SSSR count). The van der Waals surface area contributed by atoms with E-state index in [4.69, 9.17) is 0 Å². The van der Waals surface area contributed by atoms with Gasteiger partial charge in [-0.3, -0.25) is 4.98 Å². The first-order chi connectivity index (χ1) is 10.0. The normalized spacial score (nSPS) is 19.8. The molecule has 0 aliphatic carbocycles. The van der Waals surface area contributed by atoms with E-state index in [-0.39, 0.29) is 13.0 Å². The lowest BCUT2D eigenvalue weighted by molar-refractivity contribution is -0.176. The number of halogens is 3. The zero-order chi connectivity index (χ0) is 15.3. The highest BCUT2D eigenvalue weighted by Crippen LogP contribution is 2.34. The second-order valence-electron chi connectivity index (χ2n) is 5.37. The quantitative estimate of drug-likeness (QED) is 0.849. The zero-order valence-electron chi connectivity index (χ0n) is 12.2. The van der Waals surface area contributed by atoms with Gasteiger partial charge in [0, 0.05) is 25.8 Å². The van der Waals surface area contributed by atoms with Gasteiger partial charge in [0.15, 0.2) is 0 Å². The van der Waals surface area contributed by atoms with Crippen molar-refractivity contribution in [2.24, 2.45) is 5.92 Å². The van der Waals surface area contributed by atoms with Crippen LogP contribution in [0.2, 0.25) is 0 Å². The average Bonchev–Trinajstić information content (AvgIpc) is 2.47. The second-order valence-corrected chi connectivity index (χ2v) is 5.37. The third-order valence-electron chi connectivity index (χ3n) is 3.61. The lowest BCUT2D eigenvalue weighted by atomic mass is 9.97. The summed E-state index contributed by atoms with van der Waals surface area (Å²) in [7, 11) is 0. The predicted molar refractivity (Wildman–Crippen MR) is 75.0 cm³/mol. The first-order valence-corrected chi connectivity index (χ1v) is 7.34. The Kier molecular flexibility index (Phi) is 5.39. The highest BCUT2D eigenvalue weighted by atomic mass is 19.4. The van der Waals surface area contributed by atoms with Gasteiger partial charge in [0.05, 0.1) is 17.8 Å². The van der Waals surface area contributed by atoms with Gasteiger partial charge in [-0.2, -0.15) is 13.2 Å². The minimum atomic E-state index is -4.13. The van der Waals surface area contributed by atoms with Crippen molar-refractivity contribution in [2.45, 2.75) is 38.9 Å². The average molecular weight is 302 g/mol. The molecule has 1 aliphatic heterocycles. The van der Waals surface area contributed by atoms with Crippen LogP contribution in [0.1, 0.15) is 31.9 Å². The van der Waals surface area contributed by atoms with Crippen molar-refractivity contribution in [3.8, 4) is 0 Å². The van der Waals surface area contributed by atoms with Gasteiger partial charge in [0.25, 0.3) is 0 Å². The van der Waals surface area contributed by atoms with Crippen molar-refractivity contribution in [2.75, 3.05) is 24.5 Å². The van der Waals surface area contributed by atoms with Crippen molar-refractivity contribution in [1.29, 1.82) is 0 Å². The molecule has 2 heterocycles. The van der Waals surface area contributed by atoms with Gasteiger partial charge in [-0.15, -0.1) is 0 Å². The summed E-state index contributed by atoms with van der Waals surface area (Å²) in [5.74, 6) is -0.727. The fraction of sp³-hybridized carbons (Fsp3) is 0.714. The zero-order valence-corrected chi connectivity index (χ0v) is 12.2. The van der Waals surface area contributed by atoms with E-state index in [2.05, 4.69) is 22.2 Å². The van der Waals surface area contributed by atoms with Crippen LogP contribution in [0.4, 0.5) is 19.0 Å². The first kappa shape index (κ1) is 16.0. The Bertz CT molecular complexity index is 450. The van der Waals surface area contributed by atoms with Gasteiger partial charge < -0.3 is 10.2 Å². The predicted octanol–water partition coefficient (Wildman–Crippen LogP) is 2.75. The maximum absolute atomic E-state index is 12.8. The number of alkyl halides is 3. The summed E-state index contributed by atoms with van der Waals surface area (Å²) in [6.07, 6.45) is 0.813. The molecule has 0 bridgehead atoms. The van der Waals surface area contributed by atoms with Crippen LogP contribution >= 0.6 is 0 Å². The second kappa shape index (κ2) is 7.06. The molecule has 0 saturated carbocycles. The molecular weight excluding hydrogens is 281 g/mol. The molecule has 118 valence electrons. The van der Waals surface area contributed by atoms with Gasteiger partial charge in [0.1, 0.15) is 5.82 Å². The van der Waals surface area contributed by atoms with Crippen LogP contribution in [0, 0.1) is 5.92 Å². The number of aromatic nitrogens is 2. The summed E-state index contributed by atoms with van der Waals surface area (Å²) in [5, 5.41) is 3.21. The topological polar surface area (TPSA) is 41.1 Å². The van der Waals surface area contributed by atoms with Crippen molar-refractivity contribution < 1.29 is 13.2 Å². The van der Waals surface area contributed by atoms with E-state index in [9.17, 15) is 13.2 Å². The smallest absolute Gasteiger partial charge is 0.355 e. The molecule has 0 amide bonds. The fourth-order valence-corrected chi connectivity index (χ4v) is 2.48. The van der Waals surface area contributed by atoms with Crippen LogP contribution in [0.3, 0.4) is 0 Å². The molecular formula is C14H21F3N4. The van der Waals surface area contributed by atoms with Crippen LogP contribution in [-0.4, -0.2) is 35.8 Å². The Labute approximate surface area is 122 Å². The van der Waals surface area contributed by atoms with Crippen molar-refractivity contribution in [1.82, 2.24) is 15.3 Å². The van der Waals surface area contributed by atoms with Gasteiger partial charge in [-0.25, -0.2) is 4.98 Å². The molecule has 1 fully saturated rings. The first-order valence-electron chi connectivity index (χ1n) is 7.34. The number of nitrogens with zero attached hydrogens (tertiary/aromatic N) is 3. The minimum Gasteiger partial charge on any atom is -0.355 e. The summed E-state index contributed by atoms with van der Waals surface area (Å²) >= 11 is 0. The van der Waals surface area contributed by atoms with Gasteiger partial charge in [0.2, 0.25) is 0 Å². The fourth-order valence-electron chi connectivity index (χ4n) is 2.48. The van der Waals surface area contributed by atoms with Gasteiger partial charge in [-0.1, -0.05) is 6.92 Å². The molecule has 1 saturated heterocycles. The summed E-state index contributed by atoms with van der Waals surface area (Å²) in [6.45, 7) is 4.12. The Balaban J connectivity index is 2.02. The lowest BCUT2D eigenvalue weighted by Crippen LogP contribution is -2.42. The Morgan fingerprint density at radius 3 is 2.90 bits per heavy atom. The SMILES string of the molecule is CCCNCc1cncc(N2CCCC(C(F)(F)F)C2)n1. The Morgan fingerprint density at radius 2 is 2.19 bits per heavy atom. The molecule has 1 unspecified atom stereocenters. The lowest BCUT2D eigenvalue weighted by Gasteiger charge is -2.34. The van der Waals surface area contributed by atoms with Crippen molar-refractivity contribution in [3.63, 3.8) is 0 Å². The molecule has 0 radical (unpaired) electrons. The van der Waals surface area contributed by atoms with E-state index in [1.807, 2.05) is 0 Å². The number of hydrogen-bond donors (Lipinski definition) is 1. The van der Waals surface area contributed by atoms with Crippen LogP contribution in [0.15, 0.2) is 12.4 Å². The standard InChI is InChI=1S/C14H21F3N4/c1-2-5-18-7-12-8-19-9-13(20-12)21-6-3-4-11(10-21)14(15,16)17/h8-9,11,18H,2-7,10H2,1H3. The third kappa shape index (κ3) is 4.56. The van der Waals surface area contributed by atoms with Crippen LogP contribution in [0.5, 0.6) is 0 Å². The number of hydrogen-bond acceptors (Lipinski definition) is 4. The maximum atomic E-state index is 12.8. The molecule has 4 nitrogen and oxygen atoms in total. The molecule has 0 aromatic carbocycles. The van der Waals surface area contributed by atoms with E-state index >= 15 is 0 Å². The van der Waals surface area contributed by atoms with Gasteiger partial charge >= 0.3 is 6.18 Å². The Morgan fingerprint density at radius 1 is 1.38 bits per heavy atom. The monoisotopic (exact) mass is 302 g/mol. The van der Waals surface area contributed by atoms with Gasteiger partial charge in [-0.05, 0) is 25.8 Å². The maximum Gasteiger partial charge on any atom is 0.393 e. The molecule has 1 atom stereocenters. The number of piperidine rings is 1. The Hall–Kier alpha value is -1.37. The van der Waals surface area contributed by atoms with E-state index in [0.29, 0.717) is 25.3 Å². The number of nitrogens with one attached hydrogen (secondary N) is 1. The highest BCUT2D eigenvalue weighted by molar-refractivity contribution is 5.37. The summed E-state index contributed by atoms with van der Waals surface area (Å²) in [6, 6.07) is 0. The molecule has 7 heteroatoms. The van der Waals surface area contributed by atoms with E-state index in [1.165, 1.54) is 0 Å². The minimum absolute atomic E-state index is 0.0238. The molecule has 21 heavy (non-hydrogen) atoms. The molecule has 1 aromatic rings.